The van der Waals surface area contributed by atoms with E-state index in [2.05, 4.69) is 47.0 Å². The summed E-state index contributed by atoms with van der Waals surface area (Å²) in [5.41, 5.74) is -0.751. The molecule has 0 saturated heterocycles. The Hall–Kier alpha value is -4.08. The summed E-state index contributed by atoms with van der Waals surface area (Å²) in [4.78, 5) is 41.7. The predicted octanol–water partition coefficient (Wildman–Crippen LogP) is 4.86. The molecule has 5 nitrogen and oxygen atoms in total. The lowest BCUT2D eigenvalue weighted by Gasteiger charge is -2.37. The Morgan fingerprint density at radius 2 is 1.23 bits per heavy atom. The second-order valence-electron chi connectivity index (χ2n) is 9.86. The quantitative estimate of drug-likeness (QED) is 0.238. The summed E-state index contributed by atoms with van der Waals surface area (Å²) in [5.74, 6) is -1.15. The Morgan fingerprint density at radius 1 is 0.744 bits per heavy atom. The fourth-order valence-corrected chi connectivity index (χ4v) is 9.45. The standard InChI is InChI=1S/C33H31N2O3P/c1-2-3-23-33(31(37)28-21-13-14-22-29(28)34-32(33)38)35-30(36)24-39(25-15-7-4-8-16-25,26-17-9-5-10-18-26)27-19-11-6-12-20-27/h4-22H,2-3,23-24H2,1H3,(H-,34,35,36,37,38)/p+1. The van der Waals surface area contributed by atoms with Crippen LogP contribution in [0.25, 0.3) is 0 Å². The third-order valence-electron chi connectivity index (χ3n) is 7.42. The molecule has 5 rings (SSSR count). The molecule has 0 bridgehead atoms. The minimum Gasteiger partial charge on any atom is -0.332 e. The summed E-state index contributed by atoms with van der Waals surface area (Å²) in [5, 5.41) is 9.07. The Kier molecular flexibility index (Phi) is 7.72. The van der Waals surface area contributed by atoms with Crippen LogP contribution < -0.4 is 26.5 Å². The van der Waals surface area contributed by atoms with Crippen LogP contribution in [0.1, 0.15) is 36.5 Å². The van der Waals surface area contributed by atoms with E-state index in [1.54, 1.807) is 24.3 Å². The van der Waals surface area contributed by atoms with E-state index in [0.29, 0.717) is 17.7 Å². The van der Waals surface area contributed by atoms with Gasteiger partial charge in [0, 0.05) is 5.56 Å². The number of carbonyl (C=O) groups is 3. The zero-order valence-electron chi connectivity index (χ0n) is 22.0. The zero-order valence-corrected chi connectivity index (χ0v) is 22.9. The van der Waals surface area contributed by atoms with Crippen LogP contribution in [-0.4, -0.2) is 29.3 Å². The van der Waals surface area contributed by atoms with Crippen molar-refractivity contribution < 1.29 is 14.4 Å². The van der Waals surface area contributed by atoms with Crippen LogP contribution in [0.15, 0.2) is 115 Å². The SMILES string of the molecule is CCCCC1(NC(=O)C[P+](c2ccccc2)(c2ccccc2)c2ccccc2)C(=O)Nc2ccccc2C1=O. The molecular weight excluding hydrogens is 503 g/mol. The summed E-state index contributed by atoms with van der Waals surface area (Å²) in [6.07, 6.45) is 1.77. The van der Waals surface area contributed by atoms with Gasteiger partial charge in [0.2, 0.25) is 0 Å². The number of benzene rings is 4. The molecule has 0 aliphatic carbocycles. The Balaban J connectivity index is 1.61. The first kappa shape index (κ1) is 26.5. The number of unbranched alkanes of at least 4 members (excludes halogenated alkanes) is 1. The van der Waals surface area contributed by atoms with E-state index in [-0.39, 0.29) is 24.3 Å². The van der Waals surface area contributed by atoms with Gasteiger partial charge in [-0.3, -0.25) is 14.4 Å². The highest BCUT2D eigenvalue weighted by atomic mass is 31.2. The van der Waals surface area contributed by atoms with Crippen molar-refractivity contribution in [1.82, 2.24) is 5.32 Å². The lowest BCUT2D eigenvalue weighted by molar-refractivity contribution is -0.128. The number of Topliss-reactive ketones (excluding diaryl/α,β-unsaturated/α-hetero) is 1. The van der Waals surface area contributed by atoms with Crippen molar-refractivity contribution in [2.45, 2.75) is 31.7 Å². The zero-order chi connectivity index (χ0) is 27.3. The monoisotopic (exact) mass is 535 g/mol. The van der Waals surface area contributed by atoms with Crippen LogP contribution >= 0.6 is 7.26 Å². The van der Waals surface area contributed by atoms with Crippen LogP contribution in [0.2, 0.25) is 0 Å². The summed E-state index contributed by atoms with van der Waals surface area (Å²) in [6.45, 7) is 2.01. The number of ketones is 1. The van der Waals surface area contributed by atoms with Crippen molar-refractivity contribution in [3.05, 3.63) is 121 Å². The minimum atomic E-state index is -2.49. The Labute approximate surface area is 230 Å². The molecule has 4 aromatic carbocycles. The minimum absolute atomic E-state index is 0.126. The highest BCUT2D eigenvalue weighted by Crippen LogP contribution is 2.55. The first-order chi connectivity index (χ1) is 19.0. The summed E-state index contributed by atoms with van der Waals surface area (Å²) >= 11 is 0. The van der Waals surface area contributed by atoms with E-state index in [0.717, 1.165) is 22.3 Å². The first-order valence-corrected chi connectivity index (χ1v) is 15.3. The third kappa shape index (κ3) is 4.91. The van der Waals surface area contributed by atoms with E-state index < -0.39 is 18.7 Å². The highest BCUT2D eigenvalue weighted by Gasteiger charge is 2.53. The fourth-order valence-electron chi connectivity index (χ4n) is 5.46. The van der Waals surface area contributed by atoms with Gasteiger partial charge in [-0.2, -0.15) is 0 Å². The summed E-state index contributed by atoms with van der Waals surface area (Å²) in [6, 6.07) is 37.3. The molecule has 0 spiro atoms. The molecule has 1 aliphatic heterocycles. The molecule has 4 aromatic rings. The van der Waals surface area contributed by atoms with Crippen LogP contribution in [0.3, 0.4) is 0 Å². The van der Waals surface area contributed by atoms with Crippen LogP contribution in [0, 0.1) is 0 Å². The number of hydrogen-bond donors (Lipinski definition) is 2. The van der Waals surface area contributed by atoms with Gasteiger partial charge in [0.1, 0.15) is 23.2 Å². The number of fused-ring (bicyclic) bond motifs is 1. The van der Waals surface area contributed by atoms with Gasteiger partial charge in [-0.1, -0.05) is 86.5 Å². The van der Waals surface area contributed by atoms with E-state index in [1.807, 2.05) is 61.5 Å². The molecule has 2 amide bonds. The maximum atomic E-state index is 14.2. The van der Waals surface area contributed by atoms with E-state index in [1.165, 1.54) is 0 Å². The van der Waals surface area contributed by atoms with Gasteiger partial charge in [0.15, 0.2) is 17.5 Å². The molecule has 0 aromatic heterocycles. The lowest BCUT2D eigenvalue weighted by atomic mass is 9.80. The molecule has 196 valence electrons. The van der Waals surface area contributed by atoms with Gasteiger partial charge in [-0.15, -0.1) is 0 Å². The number of nitrogens with one attached hydrogen (secondary N) is 2. The molecule has 1 aliphatic rings. The van der Waals surface area contributed by atoms with Crippen molar-refractivity contribution >= 4 is 46.5 Å². The first-order valence-electron chi connectivity index (χ1n) is 13.3. The van der Waals surface area contributed by atoms with Crippen molar-refractivity contribution in [3.63, 3.8) is 0 Å². The number of anilines is 1. The number of rotatable bonds is 9. The number of para-hydroxylation sites is 1. The lowest BCUT2D eigenvalue weighted by Crippen LogP contribution is -2.64. The molecule has 0 saturated carbocycles. The van der Waals surface area contributed by atoms with Crippen LogP contribution in [0.4, 0.5) is 5.69 Å². The second kappa shape index (κ2) is 11.3. The Bertz CT molecular complexity index is 1380. The average Bonchev–Trinajstić information content (AvgIpc) is 2.99. The van der Waals surface area contributed by atoms with E-state index in [9.17, 15) is 14.4 Å². The third-order valence-corrected chi connectivity index (χ3v) is 11.7. The molecule has 1 unspecified atom stereocenters. The molecule has 1 atom stereocenters. The van der Waals surface area contributed by atoms with Gasteiger partial charge in [0.25, 0.3) is 11.8 Å². The number of amides is 2. The maximum Gasteiger partial charge on any atom is 0.260 e. The number of carbonyl (C=O) groups excluding carboxylic acids is 3. The molecular formula is C33H32N2O3P+. The van der Waals surface area contributed by atoms with Crippen LogP contribution in [0.5, 0.6) is 0 Å². The van der Waals surface area contributed by atoms with Gasteiger partial charge >= 0.3 is 0 Å². The molecule has 0 fully saturated rings. The molecule has 39 heavy (non-hydrogen) atoms. The second-order valence-corrected chi connectivity index (χ2v) is 13.3. The summed E-state index contributed by atoms with van der Waals surface area (Å²) < 4.78 is 0. The van der Waals surface area contributed by atoms with Crippen molar-refractivity contribution in [2.75, 3.05) is 11.5 Å². The molecule has 0 radical (unpaired) electrons. The average molecular weight is 536 g/mol. The van der Waals surface area contributed by atoms with E-state index in [4.69, 9.17) is 0 Å². The predicted molar refractivity (Wildman–Crippen MR) is 160 cm³/mol. The van der Waals surface area contributed by atoms with Gasteiger partial charge in [-0.25, -0.2) is 0 Å². The maximum absolute atomic E-state index is 14.2. The smallest absolute Gasteiger partial charge is 0.260 e. The van der Waals surface area contributed by atoms with Gasteiger partial charge < -0.3 is 10.6 Å². The molecule has 2 N–H and O–H groups in total. The van der Waals surface area contributed by atoms with Crippen molar-refractivity contribution in [2.24, 2.45) is 0 Å². The van der Waals surface area contributed by atoms with Crippen molar-refractivity contribution in [1.29, 1.82) is 0 Å². The fraction of sp³-hybridized carbons (Fsp3) is 0.182. The van der Waals surface area contributed by atoms with Gasteiger partial charge in [-0.05, 0) is 55.0 Å². The molecule has 6 heteroatoms. The van der Waals surface area contributed by atoms with Crippen LogP contribution in [-0.2, 0) is 9.59 Å². The topological polar surface area (TPSA) is 75.3 Å². The highest BCUT2D eigenvalue weighted by molar-refractivity contribution is 7.96. The summed E-state index contributed by atoms with van der Waals surface area (Å²) in [7, 11) is -2.49. The molecule has 1 heterocycles. The van der Waals surface area contributed by atoms with Gasteiger partial charge in [0.05, 0.1) is 5.69 Å². The Morgan fingerprint density at radius 3 is 1.74 bits per heavy atom. The number of hydrogen-bond acceptors (Lipinski definition) is 3. The largest absolute Gasteiger partial charge is 0.332 e. The normalized spacial score (nSPS) is 16.7. The van der Waals surface area contributed by atoms with E-state index >= 15 is 0 Å². The van der Waals surface area contributed by atoms with Crippen molar-refractivity contribution in [3.8, 4) is 0 Å².